The van der Waals surface area contributed by atoms with Gasteiger partial charge in [-0.1, -0.05) is 25.7 Å². The second kappa shape index (κ2) is 5.86. The first-order chi connectivity index (χ1) is 7.42. The standard InChI is InChI=1S/C13H25NO/c15-11-9-13-8-4-5-10-14(13)12-6-2-1-3-7-12/h12-13,15H,1-11H2. The van der Waals surface area contributed by atoms with Crippen LogP contribution in [0.5, 0.6) is 0 Å². The highest BCUT2D eigenvalue weighted by Crippen LogP contribution is 2.29. The summed E-state index contributed by atoms with van der Waals surface area (Å²) in [4.78, 5) is 2.72. The Morgan fingerprint density at radius 2 is 1.67 bits per heavy atom. The van der Waals surface area contributed by atoms with Gasteiger partial charge in [-0.25, -0.2) is 0 Å². The van der Waals surface area contributed by atoms with Crippen molar-refractivity contribution in [2.24, 2.45) is 0 Å². The Bertz CT molecular complexity index is 165. The molecule has 1 aliphatic carbocycles. The van der Waals surface area contributed by atoms with Gasteiger partial charge in [-0.15, -0.1) is 0 Å². The van der Waals surface area contributed by atoms with E-state index in [2.05, 4.69) is 4.90 Å². The Morgan fingerprint density at radius 3 is 2.40 bits per heavy atom. The molecule has 0 spiro atoms. The Morgan fingerprint density at radius 1 is 0.933 bits per heavy atom. The molecule has 2 nitrogen and oxygen atoms in total. The number of hydrogen-bond donors (Lipinski definition) is 1. The number of rotatable bonds is 3. The van der Waals surface area contributed by atoms with Crippen molar-refractivity contribution in [1.82, 2.24) is 4.90 Å². The molecule has 0 bridgehead atoms. The van der Waals surface area contributed by atoms with Crippen molar-refractivity contribution in [3.8, 4) is 0 Å². The Balaban J connectivity index is 1.90. The average Bonchev–Trinajstić information content (AvgIpc) is 2.31. The van der Waals surface area contributed by atoms with Crippen LogP contribution in [0, 0.1) is 0 Å². The summed E-state index contributed by atoms with van der Waals surface area (Å²) in [6.45, 7) is 1.66. The fourth-order valence-electron chi connectivity index (χ4n) is 3.38. The van der Waals surface area contributed by atoms with Crippen LogP contribution in [0.25, 0.3) is 0 Å². The minimum Gasteiger partial charge on any atom is -0.396 e. The molecule has 0 aromatic heterocycles. The van der Waals surface area contributed by atoms with E-state index in [0.29, 0.717) is 12.6 Å². The summed E-state index contributed by atoms with van der Waals surface area (Å²) in [6, 6.07) is 1.53. The largest absolute Gasteiger partial charge is 0.396 e. The van der Waals surface area contributed by atoms with Gasteiger partial charge in [0.2, 0.25) is 0 Å². The predicted molar refractivity (Wildman–Crippen MR) is 62.9 cm³/mol. The monoisotopic (exact) mass is 211 g/mol. The van der Waals surface area contributed by atoms with E-state index in [-0.39, 0.29) is 0 Å². The van der Waals surface area contributed by atoms with Crippen LogP contribution in [0.15, 0.2) is 0 Å². The summed E-state index contributed by atoms with van der Waals surface area (Å²) < 4.78 is 0. The lowest BCUT2D eigenvalue weighted by Gasteiger charge is -2.42. The van der Waals surface area contributed by atoms with Gasteiger partial charge in [0.25, 0.3) is 0 Å². The molecule has 1 unspecified atom stereocenters. The second-order valence-electron chi connectivity index (χ2n) is 5.19. The van der Waals surface area contributed by atoms with Crippen molar-refractivity contribution in [2.75, 3.05) is 13.2 Å². The topological polar surface area (TPSA) is 23.5 Å². The molecule has 1 saturated heterocycles. The van der Waals surface area contributed by atoms with Crippen LogP contribution in [0.4, 0.5) is 0 Å². The Labute approximate surface area is 93.7 Å². The lowest BCUT2D eigenvalue weighted by atomic mass is 9.89. The molecule has 0 amide bonds. The molecule has 1 N–H and O–H groups in total. The van der Waals surface area contributed by atoms with E-state index in [0.717, 1.165) is 12.5 Å². The molecule has 0 radical (unpaired) electrons. The van der Waals surface area contributed by atoms with Gasteiger partial charge in [-0.05, 0) is 38.6 Å². The summed E-state index contributed by atoms with van der Waals surface area (Å²) in [5.41, 5.74) is 0. The predicted octanol–water partition coefficient (Wildman–Crippen LogP) is 2.56. The number of aliphatic hydroxyl groups is 1. The molecular weight excluding hydrogens is 186 g/mol. The highest BCUT2D eigenvalue weighted by Gasteiger charge is 2.28. The van der Waals surface area contributed by atoms with Gasteiger partial charge in [0.05, 0.1) is 0 Å². The van der Waals surface area contributed by atoms with E-state index in [1.807, 2.05) is 0 Å². The number of hydrogen-bond acceptors (Lipinski definition) is 2. The van der Waals surface area contributed by atoms with Crippen LogP contribution in [-0.4, -0.2) is 35.2 Å². The number of likely N-dealkylation sites (tertiary alicyclic amines) is 1. The lowest BCUT2D eigenvalue weighted by molar-refractivity contribution is 0.0577. The second-order valence-corrected chi connectivity index (χ2v) is 5.19. The summed E-state index contributed by atoms with van der Waals surface area (Å²) in [5, 5.41) is 9.11. The SMILES string of the molecule is OCCC1CCCCN1C1CCCCC1. The van der Waals surface area contributed by atoms with Crippen molar-refractivity contribution >= 4 is 0 Å². The van der Waals surface area contributed by atoms with Gasteiger partial charge < -0.3 is 5.11 Å². The zero-order valence-electron chi connectivity index (χ0n) is 9.83. The molecule has 2 heteroatoms. The number of aliphatic hydroxyl groups excluding tert-OH is 1. The van der Waals surface area contributed by atoms with Gasteiger partial charge in [0.15, 0.2) is 0 Å². The normalized spacial score (nSPS) is 30.6. The molecule has 88 valence electrons. The van der Waals surface area contributed by atoms with Gasteiger partial charge in [-0.3, -0.25) is 4.90 Å². The smallest absolute Gasteiger partial charge is 0.0445 e. The van der Waals surface area contributed by atoms with E-state index in [1.165, 1.54) is 57.9 Å². The van der Waals surface area contributed by atoms with E-state index < -0.39 is 0 Å². The van der Waals surface area contributed by atoms with E-state index in [9.17, 15) is 0 Å². The first kappa shape index (κ1) is 11.4. The Hall–Kier alpha value is -0.0800. The highest BCUT2D eigenvalue weighted by atomic mass is 16.3. The quantitative estimate of drug-likeness (QED) is 0.775. The molecule has 0 aromatic carbocycles. The fourth-order valence-corrected chi connectivity index (χ4v) is 3.38. The third kappa shape index (κ3) is 2.94. The van der Waals surface area contributed by atoms with Gasteiger partial charge in [-0.2, -0.15) is 0 Å². The van der Waals surface area contributed by atoms with Gasteiger partial charge in [0.1, 0.15) is 0 Å². The van der Waals surface area contributed by atoms with E-state index in [4.69, 9.17) is 5.11 Å². The molecule has 2 fully saturated rings. The van der Waals surface area contributed by atoms with Crippen LogP contribution >= 0.6 is 0 Å². The molecule has 0 aromatic rings. The summed E-state index contributed by atoms with van der Waals surface area (Å²) >= 11 is 0. The summed E-state index contributed by atoms with van der Waals surface area (Å²) in [6.07, 6.45) is 12.2. The van der Waals surface area contributed by atoms with Crippen molar-refractivity contribution in [3.63, 3.8) is 0 Å². The number of piperidine rings is 1. The maximum Gasteiger partial charge on any atom is 0.0445 e. The third-order valence-electron chi connectivity index (χ3n) is 4.18. The average molecular weight is 211 g/mol. The minimum atomic E-state index is 0.369. The highest BCUT2D eigenvalue weighted by molar-refractivity contribution is 4.84. The van der Waals surface area contributed by atoms with E-state index >= 15 is 0 Å². The van der Waals surface area contributed by atoms with Crippen molar-refractivity contribution in [3.05, 3.63) is 0 Å². The van der Waals surface area contributed by atoms with Crippen molar-refractivity contribution < 1.29 is 5.11 Å². The number of nitrogens with zero attached hydrogens (tertiary/aromatic N) is 1. The minimum absolute atomic E-state index is 0.369. The van der Waals surface area contributed by atoms with Gasteiger partial charge in [0, 0.05) is 18.7 Å². The molecule has 2 aliphatic rings. The molecule has 1 atom stereocenters. The zero-order valence-corrected chi connectivity index (χ0v) is 9.83. The van der Waals surface area contributed by atoms with Gasteiger partial charge >= 0.3 is 0 Å². The first-order valence-electron chi connectivity index (χ1n) is 6.78. The fraction of sp³-hybridized carbons (Fsp3) is 1.00. The van der Waals surface area contributed by atoms with Crippen molar-refractivity contribution in [1.29, 1.82) is 0 Å². The summed E-state index contributed by atoms with van der Waals surface area (Å²) in [5.74, 6) is 0. The summed E-state index contributed by atoms with van der Waals surface area (Å²) in [7, 11) is 0. The van der Waals surface area contributed by atoms with Crippen LogP contribution in [0.1, 0.15) is 57.8 Å². The Kier molecular flexibility index (Phi) is 4.45. The molecule has 1 heterocycles. The van der Waals surface area contributed by atoms with E-state index in [1.54, 1.807) is 0 Å². The molecule has 1 saturated carbocycles. The van der Waals surface area contributed by atoms with Crippen LogP contribution in [0.2, 0.25) is 0 Å². The van der Waals surface area contributed by atoms with Crippen LogP contribution in [0.3, 0.4) is 0 Å². The third-order valence-corrected chi connectivity index (χ3v) is 4.18. The molecule has 2 rings (SSSR count). The molecule has 15 heavy (non-hydrogen) atoms. The van der Waals surface area contributed by atoms with Crippen LogP contribution < -0.4 is 0 Å². The van der Waals surface area contributed by atoms with Crippen molar-refractivity contribution in [2.45, 2.75) is 69.9 Å². The maximum absolute atomic E-state index is 9.11. The molecular formula is C13H25NO. The molecule has 1 aliphatic heterocycles. The van der Waals surface area contributed by atoms with Crippen LogP contribution in [-0.2, 0) is 0 Å². The first-order valence-corrected chi connectivity index (χ1v) is 6.78. The lowest BCUT2D eigenvalue weighted by Crippen LogP contribution is -2.47. The maximum atomic E-state index is 9.11. The zero-order chi connectivity index (χ0) is 10.5.